The fraction of sp³-hybridized carbons (Fsp3) is 1.00. The Morgan fingerprint density at radius 3 is 2.17 bits per heavy atom. The first-order valence-electron chi connectivity index (χ1n) is 3.94. The van der Waals surface area contributed by atoms with Gasteiger partial charge in [-0.2, -0.15) is 0 Å². The second kappa shape index (κ2) is 10.8. The SMILES string of the molecule is CCC(C)[C@H](C)OCCO.O.O.[HH]. The van der Waals surface area contributed by atoms with Gasteiger partial charge in [-0.15, -0.1) is 0 Å². The Morgan fingerprint density at radius 2 is 1.83 bits per heavy atom. The lowest BCUT2D eigenvalue weighted by Gasteiger charge is -2.17. The zero-order valence-corrected chi connectivity index (χ0v) is 8.13. The standard InChI is InChI=1S/C8H18O2.2H2O.H2/c1-4-7(2)8(3)10-6-5-9;;;/h7-9H,4-6H2,1-3H3;2*1H2;1H/t7?,8-;;;/m0.../s1. The maximum Gasteiger partial charge on any atom is 0.0701 e. The summed E-state index contributed by atoms with van der Waals surface area (Å²) in [4.78, 5) is 0. The van der Waals surface area contributed by atoms with Crippen molar-refractivity contribution in [2.75, 3.05) is 13.2 Å². The van der Waals surface area contributed by atoms with E-state index in [1.807, 2.05) is 6.92 Å². The summed E-state index contributed by atoms with van der Waals surface area (Å²) in [6, 6.07) is 0. The van der Waals surface area contributed by atoms with Crippen molar-refractivity contribution in [3.05, 3.63) is 0 Å². The van der Waals surface area contributed by atoms with E-state index in [1.165, 1.54) is 0 Å². The minimum absolute atomic E-state index is 0. The van der Waals surface area contributed by atoms with Gasteiger partial charge in [0.2, 0.25) is 0 Å². The Labute approximate surface area is 75.6 Å². The first kappa shape index (κ1) is 17.8. The molecule has 0 aliphatic heterocycles. The molecule has 0 spiro atoms. The fourth-order valence-electron chi connectivity index (χ4n) is 0.735. The lowest BCUT2D eigenvalue weighted by Crippen LogP contribution is -2.19. The summed E-state index contributed by atoms with van der Waals surface area (Å²) in [7, 11) is 0. The highest BCUT2D eigenvalue weighted by molar-refractivity contribution is 4.58. The molecule has 2 atom stereocenters. The molecule has 4 heteroatoms. The van der Waals surface area contributed by atoms with Crippen LogP contribution in [0.5, 0.6) is 0 Å². The molecule has 0 saturated carbocycles. The van der Waals surface area contributed by atoms with Crippen LogP contribution in [-0.4, -0.2) is 35.4 Å². The molecule has 0 aromatic rings. The number of aliphatic hydroxyl groups excluding tert-OH is 1. The maximum absolute atomic E-state index is 8.44. The van der Waals surface area contributed by atoms with Crippen molar-refractivity contribution in [3.8, 4) is 0 Å². The zero-order chi connectivity index (χ0) is 7.98. The topological polar surface area (TPSA) is 92.5 Å². The monoisotopic (exact) mass is 184 g/mol. The maximum atomic E-state index is 8.44. The number of hydrogen-bond acceptors (Lipinski definition) is 2. The molecule has 0 bridgehead atoms. The summed E-state index contributed by atoms with van der Waals surface area (Å²) in [6.07, 6.45) is 1.41. The molecule has 1 unspecified atom stereocenters. The Bertz CT molecular complexity index is 82.5. The number of aliphatic hydroxyl groups is 1. The predicted octanol–water partition coefficient (Wildman–Crippen LogP) is 0.0265. The Kier molecular flexibility index (Phi) is 16.1. The van der Waals surface area contributed by atoms with Crippen LogP contribution in [0.25, 0.3) is 0 Å². The van der Waals surface area contributed by atoms with Crippen molar-refractivity contribution in [2.24, 2.45) is 5.92 Å². The van der Waals surface area contributed by atoms with Crippen LogP contribution in [0.2, 0.25) is 0 Å². The average molecular weight is 184 g/mol. The smallest absolute Gasteiger partial charge is 0.0701 e. The van der Waals surface area contributed by atoms with Gasteiger partial charge in [0.25, 0.3) is 0 Å². The summed E-state index contributed by atoms with van der Waals surface area (Å²) in [5, 5.41) is 8.44. The lowest BCUT2D eigenvalue weighted by molar-refractivity contribution is 0.00927. The van der Waals surface area contributed by atoms with Crippen molar-refractivity contribution in [3.63, 3.8) is 0 Å². The third-order valence-electron chi connectivity index (χ3n) is 1.92. The van der Waals surface area contributed by atoms with Crippen molar-refractivity contribution >= 4 is 0 Å². The minimum Gasteiger partial charge on any atom is -0.412 e. The molecule has 0 aromatic carbocycles. The van der Waals surface area contributed by atoms with E-state index >= 15 is 0 Å². The van der Waals surface area contributed by atoms with Crippen molar-refractivity contribution in [1.82, 2.24) is 0 Å². The van der Waals surface area contributed by atoms with Crippen molar-refractivity contribution in [1.29, 1.82) is 0 Å². The number of rotatable bonds is 5. The molecular formula is C8H24O4. The molecule has 0 amide bonds. The van der Waals surface area contributed by atoms with Gasteiger partial charge in [0, 0.05) is 1.43 Å². The predicted molar refractivity (Wildman–Crippen MR) is 51.3 cm³/mol. The van der Waals surface area contributed by atoms with Gasteiger partial charge in [0.1, 0.15) is 0 Å². The third kappa shape index (κ3) is 7.94. The van der Waals surface area contributed by atoms with Crippen molar-refractivity contribution in [2.45, 2.75) is 33.3 Å². The molecular weight excluding hydrogens is 160 g/mol. The Hall–Kier alpha value is -0.160. The van der Waals surface area contributed by atoms with Gasteiger partial charge < -0.3 is 20.8 Å². The Morgan fingerprint density at radius 1 is 1.33 bits per heavy atom. The molecule has 0 aliphatic rings. The van der Waals surface area contributed by atoms with Crippen LogP contribution in [0, 0.1) is 5.92 Å². The fourth-order valence-corrected chi connectivity index (χ4v) is 0.735. The second-order valence-electron chi connectivity index (χ2n) is 2.69. The normalized spacial score (nSPS) is 14.0. The first-order chi connectivity index (χ1) is 4.72. The highest BCUT2D eigenvalue weighted by Gasteiger charge is 2.08. The molecule has 0 heterocycles. The number of hydrogen-bond donors (Lipinski definition) is 1. The van der Waals surface area contributed by atoms with E-state index in [2.05, 4.69) is 13.8 Å². The zero-order valence-electron chi connectivity index (χ0n) is 8.13. The van der Waals surface area contributed by atoms with Gasteiger partial charge in [-0.1, -0.05) is 20.3 Å². The highest BCUT2D eigenvalue weighted by Crippen LogP contribution is 2.09. The number of ether oxygens (including phenoxy) is 1. The minimum atomic E-state index is 0. The van der Waals surface area contributed by atoms with Gasteiger partial charge in [0.05, 0.1) is 19.3 Å². The van der Waals surface area contributed by atoms with Crippen molar-refractivity contribution < 1.29 is 22.2 Å². The Balaban J connectivity index is -0.000000135. The van der Waals surface area contributed by atoms with Crippen LogP contribution in [0.15, 0.2) is 0 Å². The van der Waals surface area contributed by atoms with Gasteiger partial charge in [-0.3, -0.25) is 0 Å². The quantitative estimate of drug-likeness (QED) is 0.652. The first-order valence-corrected chi connectivity index (χ1v) is 3.94. The average Bonchev–Trinajstić information content (AvgIpc) is 1.98. The van der Waals surface area contributed by atoms with Gasteiger partial charge in [0.15, 0.2) is 0 Å². The molecule has 0 saturated heterocycles. The van der Waals surface area contributed by atoms with Crippen LogP contribution in [0.4, 0.5) is 0 Å². The molecule has 12 heavy (non-hydrogen) atoms. The largest absolute Gasteiger partial charge is 0.412 e. The molecule has 0 aliphatic carbocycles. The molecule has 80 valence electrons. The van der Waals surface area contributed by atoms with E-state index in [-0.39, 0.29) is 25.1 Å². The molecule has 0 rings (SSSR count). The van der Waals surface area contributed by atoms with E-state index in [1.54, 1.807) is 0 Å². The molecule has 4 nitrogen and oxygen atoms in total. The molecule has 0 fully saturated rings. The third-order valence-corrected chi connectivity index (χ3v) is 1.92. The van der Waals surface area contributed by atoms with Crippen LogP contribution < -0.4 is 0 Å². The van der Waals surface area contributed by atoms with E-state index in [4.69, 9.17) is 9.84 Å². The van der Waals surface area contributed by atoms with Gasteiger partial charge in [-0.25, -0.2) is 0 Å². The van der Waals surface area contributed by atoms with E-state index in [9.17, 15) is 0 Å². The van der Waals surface area contributed by atoms with Crippen LogP contribution >= 0.6 is 0 Å². The van der Waals surface area contributed by atoms with Crippen LogP contribution in [-0.2, 0) is 4.74 Å². The molecule has 0 aromatic heterocycles. The summed E-state index contributed by atoms with van der Waals surface area (Å²) < 4.78 is 5.29. The van der Waals surface area contributed by atoms with Crippen LogP contribution in [0.3, 0.4) is 0 Å². The molecule has 5 N–H and O–H groups in total. The van der Waals surface area contributed by atoms with Crippen LogP contribution in [0.1, 0.15) is 28.6 Å². The van der Waals surface area contributed by atoms with E-state index in [0.29, 0.717) is 12.5 Å². The summed E-state index contributed by atoms with van der Waals surface area (Å²) in [5.41, 5.74) is 0. The van der Waals surface area contributed by atoms with E-state index in [0.717, 1.165) is 6.42 Å². The second-order valence-corrected chi connectivity index (χ2v) is 2.69. The highest BCUT2D eigenvalue weighted by atomic mass is 16.5. The molecule has 0 radical (unpaired) electrons. The summed E-state index contributed by atoms with van der Waals surface area (Å²) in [6.45, 7) is 6.93. The summed E-state index contributed by atoms with van der Waals surface area (Å²) >= 11 is 0. The van der Waals surface area contributed by atoms with Gasteiger partial charge >= 0.3 is 0 Å². The van der Waals surface area contributed by atoms with Gasteiger partial charge in [-0.05, 0) is 12.8 Å². The lowest BCUT2D eigenvalue weighted by atomic mass is 10.0. The van der Waals surface area contributed by atoms with E-state index < -0.39 is 0 Å². The summed E-state index contributed by atoms with van der Waals surface area (Å²) in [5.74, 6) is 0.589.